The van der Waals surface area contributed by atoms with Gasteiger partial charge in [-0.2, -0.15) is 0 Å². The van der Waals surface area contributed by atoms with Crippen LogP contribution in [0.1, 0.15) is 11.3 Å². The molecular weight excluding hydrogens is 406 g/mol. The second-order valence-electron chi connectivity index (χ2n) is 6.98. The van der Waals surface area contributed by atoms with Gasteiger partial charge in [0, 0.05) is 37.8 Å². The number of hydrogen-bond donors (Lipinski definition) is 1. The fourth-order valence-corrected chi connectivity index (χ4v) is 4.30. The highest BCUT2D eigenvalue weighted by atomic mass is 35.5. The van der Waals surface area contributed by atoms with E-state index in [9.17, 15) is 4.79 Å². The van der Waals surface area contributed by atoms with Gasteiger partial charge in [-0.25, -0.2) is 9.97 Å². The fourth-order valence-electron chi connectivity index (χ4n) is 3.33. The van der Waals surface area contributed by atoms with Gasteiger partial charge in [-0.05, 0) is 36.8 Å². The second-order valence-corrected chi connectivity index (χ2v) is 8.25. The molecule has 0 radical (unpaired) electrons. The maximum atomic E-state index is 12.7. The quantitative estimate of drug-likeness (QED) is 0.663. The maximum Gasteiger partial charge on any atom is 0.228 e. The zero-order valence-electron chi connectivity index (χ0n) is 16.1. The maximum absolute atomic E-state index is 12.7. The summed E-state index contributed by atoms with van der Waals surface area (Å²) in [5.74, 6) is 0.863. The van der Waals surface area contributed by atoms with Crippen LogP contribution in [-0.2, 0) is 11.2 Å². The lowest BCUT2D eigenvalue weighted by Gasteiger charge is -2.36. The van der Waals surface area contributed by atoms with Crippen molar-refractivity contribution in [1.82, 2.24) is 14.9 Å². The average Bonchev–Trinajstić information content (AvgIpc) is 3.15. The van der Waals surface area contributed by atoms with E-state index in [0.29, 0.717) is 19.5 Å². The Balaban J connectivity index is 1.31. The number of anilines is 3. The number of aryl methyl sites for hydroxylation is 1. The topological polar surface area (TPSA) is 61.4 Å². The summed E-state index contributed by atoms with van der Waals surface area (Å²) < 4.78 is 0. The highest BCUT2D eigenvalue weighted by Crippen LogP contribution is 2.26. The van der Waals surface area contributed by atoms with E-state index >= 15 is 0 Å². The zero-order valence-corrected chi connectivity index (χ0v) is 17.7. The Morgan fingerprint density at radius 1 is 1.21 bits per heavy atom. The molecule has 8 heteroatoms. The summed E-state index contributed by atoms with van der Waals surface area (Å²) >= 11 is 7.78. The minimum absolute atomic E-state index is 0.106. The number of amides is 1. The van der Waals surface area contributed by atoms with Crippen LogP contribution in [0.25, 0.3) is 0 Å². The predicted octanol–water partition coefficient (Wildman–Crippen LogP) is 4.13. The fraction of sp³-hybridized carbons (Fsp3) is 0.286. The van der Waals surface area contributed by atoms with E-state index in [1.54, 1.807) is 6.20 Å². The molecule has 1 N–H and O–H groups in total. The summed E-state index contributed by atoms with van der Waals surface area (Å²) in [5.41, 5.74) is 2.94. The van der Waals surface area contributed by atoms with Crippen molar-refractivity contribution in [3.05, 3.63) is 64.3 Å². The number of carbonyl (C=O) groups excluding carboxylic acids is 1. The molecule has 6 nitrogen and oxygen atoms in total. The number of thiazole rings is 1. The Bertz CT molecular complexity index is 1000. The molecular formula is C21H22ClN5OS. The van der Waals surface area contributed by atoms with Gasteiger partial charge in [-0.15, -0.1) is 11.3 Å². The molecule has 0 bridgehead atoms. The van der Waals surface area contributed by atoms with Gasteiger partial charge in [0.25, 0.3) is 0 Å². The predicted molar refractivity (Wildman–Crippen MR) is 118 cm³/mol. The van der Waals surface area contributed by atoms with Gasteiger partial charge in [0.1, 0.15) is 5.82 Å². The first-order valence-corrected chi connectivity index (χ1v) is 10.8. The van der Waals surface area contributed by atoms with Gasteiger partial charge in [-0.3, -0.25) is 4.79 Å². The van der Waals surface area contributed by atoms with Gasteiger partial charge in [0.2, 0.25) is 5.91 Å². The number of aromatic nitrogens is 2. The van der Waals surface area contributed by atoms with Crippen LogP contribution in [-0.4, -0.2) is 47.0 Å². The third-order valence-corrected chi connectivity index (χ3v) is 5.99. The molecule has 0 unspecified atom stereocenters. The molecule has 1 amide bonds. The van der Waals surface area contributed by atoms with Crippen molar-refractivity contribution in [2.45, 2.75) is 13.3 Å². The van der Waals surface area contributed by atoms with Crippen molar-refractivity contribution in [3.63, 3.8) is 0 Å². The van der Waals surface area contributed by atoms with E-state index in [2.05, 4.69) is 20.2 Å². The van der Waals surface area contributed by atoms with Gasteiger partial charge in [-0.1, -0.05) is 23.7 Å². The molecule has 0 aliphatic carbocycles. The van der Waals surface area contributed by atoms with Gasteiger partial charge in [0.05, 0.1) is 22.8 Å². The number of halogens is 1. The lowest BCUT2D eigenvalue weighted by atomic mass is 10.2. The molecule has 150 valence electrons. The zero-order chi connectivity index (χ0) is 20.2. The van der Waals surface area contributed by atoms with Crippen molar-refractivity contribution in [1.29, 1.82) is 0 Å². The number of pyridine rings is 1. The van der Waals surface area contributed by atoms with Gasteiger partial charge in [0.15, 0.2) is 5.13 Å². The van der Waals surface area contributed by atoms with E-state index in [-0.39, 0.29) is 5.91 Å². The van der Waals surface area contributed by atoms with Crippen LogP contribution in [0.4, 0.5) is 16.6 Å². The van der Waals surface area contributed by atoms with Crippen LogP contribution in [0.5, 0.6) is 0 Å². The molecule has 3 aromatic rings. The smallest absolute Gasteiger partial charge is 0.228 e. The molecule has 0 spiro atoms. The molecule has 1 saturated heterocycles. The van der Waals surface area contributed by atoms with Crippen LogP contribution in [0, 0.1) is 6.92 Å². The Labute approximate surface area is 179 Å². The van der Waals surface area contributed by atoms with Crippen LogP contribution < -0.4 is 10.2 Å². The normalized spacial score (nSPS) is 14.1. The summed E-state index contributed by atoms with van der Waals surface area (Å²) in [6.45, 7) is 4.94. The molecule has 29 heavy (non-hydrogen) atoms. The number of piperazine rings is 1. The number of para-hydroxylation sites is 1. The molecule has 2 aromatic heterocycles. The number of rotatable bonds is 5. The summed E-state index contributed by atoms with van der Waals surface area (Å²) in [5, 5.41) is 6.62. The largest absolute Gasteiger partial charge is 0.367 e. The second kappa shape index (κ2) is 8.80. The van der Waals surface area contributed by atoms with Gasteiger partial charge >= 0.3 is 0 Å². The van der Waals surface area contributed by atoms with Crippen molar-refractivity contribution in [2.75, 3.05) is 36.4 Å². The van der Waals surface area contributed by atoms with E-state index in [0.717, 1.165) is 46.0 Å². The molecule has 1 aromatic carbocycles. The highest BCUT2D eigenvalue weighted by molar-refractivity contribution is 7.13. The Morgan fingerprint density at radius 2 is 2.00 bits per heavy atom. The van der Waals surface area contributed by atoms with Crippen molar-refractivity contribution < 1.29 is 4.79 Å². The van der Waals surface area contributed by atoms with Crippen LogP contribution in [0.3, 0.4) is 0 Å². The minimum Gasteiger partial charge on any atom is -0.367 e. The average molecular weight is 428 g/mol. The summed E-state index contributed by atoms with van der Waals surface area (Å²) in [6.07, 6.45) is 2.07. The number of nitrogens with one attached hydrogen (secondary N) is 1. The van der Waals surface area contributed by atoms with E-state index in [1.165, 1.54) is 11.3 Å². The molecule has 0 atom stereocenters. The van der Waals surface area contributed by atoms with Crippen LogP contribution in [0.15, 0.2) is 48.0 Å². The monoisotopic (exact) mass is 427 g/mol. The first-order valence-electron chi connectivity index (χ1n) is 9.50. The van der Waals surface area contributed by atoms with E-state index in [1.807, 2.05) is 53.6 Å². The first-order chi connectivity index (χ1) is 14.1. The number of carbonyl (C=O) groups is 1. The first kappa shape index (κ1) is 19.7. The molecule has 3 heterocycles. The van der Waals surface area contributed by atoms with Crippen molar-refractivity contribution >= 4 is 45.5 Å². The number of nitrogens with zero attached hydrogens (tertiary/aromatic N) is 4. The SMILES string of the molecule is Cc1ccnc(Nc2nc(CC(=O)N3CCN(c4ccccc4Cl)CC3)cs2)c1. The van der Waals surface area contributed by atoms with E-state index < -0.39 is 0 Å². The summed E-state index contributed by atoms with van der Waals surface area (Å²) in [4.78, 5) is 25.7. The Kier molecular flexibility index (Phi) is 5.97. The van der Waals surface area contributed by atoms with E-state index in [4.69, 9.17) is 11.6 Å². The molecule has 0 saturated carbocycles. The Hall–Kier alpha value is -2.64. The molecule has 4 rings (SSSR count). The lowest BCUT2D eigenvalue weighted by molar-refractivity contribution is -0.130. The number of benzene rings is 1. The number of hydrogen-bond acceptors (Lipinski definition) is 6. The Morgan fingerprint density at radius 3 is 2.76 bits per heavy atom. The van der Waals surface area contributed by atoms with Crippen molar-refractivity contribution in [3.8, 4) is 0 Å². The molecule has 1 fully saturated rings. The van der Waals surface area contributed by atoms with Crippen molar-refractivity contribution in [2.24, 2.45) is 0 Å². The summed E-state index contributed by atoms with van der Waals surface area (Å²) in [6, 6.07) is 11.7. The highest BCUT2D eigenvalue weighted by Gasteiger charge is 2.23. The molecule has 1 aliphatic rings. The molecule has 1 aliphatic heterocycles. The standard InChI is InChI=1S/C21H22ClN5OS/c1-15-6-7-23-19(12-15)25-21-24-16(14-29-21)13-20(28)27-10-8-26(9-11-27)18-5-3-2-4-17(18)22/h2-7,12,14H,8-11,13H2,1H3,(H,23,24,25). The van der Waals surface area contributed by atoms with Gasteiger partial charge < -0.3 is 15.1 Å². The lowest BCUT2D eigenvalue weighted by Crippen LogP contribution is -2.49. The van der Waals surface area contributed by atoms with Crippen LogP contribution >= 0.6 is 22.9 Å². The van der Waals surface area contributed by atoms with Crippen LogP contribution in [0.2, 0.25) is 5.02 Å². The minimum atomic E-state index is 0.106. The summed E-state index contributed by atoms with van der Waals surface area (Å²) in [7, 11) is 0. The third kappa shape index (κ3) is 4.86. The third-order valence-electron chi connectivity index (χ3n) is 4.86.